The number of pyridine rings is 1. The van der Waals surface area contributed by atoms with Gasteiger partial charge in [-0.15, -0.1) is 11.8 Å². The maximum absolute atomic E-state index is 12.6. The Hall–Kier alpha value is -2.44. The molecule has 8 N–H and O–H groups in total. The number of hydrogen-bond donors (Lipinski definition) is 5. The number of nitrogens with zero attached hydrogens (tertiary/aromatic N) is 3. The number of aromatic nitrogens is 2. The van der Waals surface area contributed by atoms with Gasteiger partial charge in [0, 0.05) is 46.8 Å². The molecule has 1 saturated heterocycles. The first kappa shape index (κ1) is 18.9. The number of rotatable bonds is 5. The van der Waals surface area contributed by atoms with Crippen LogP contribution in [0.4, 0.5) is 0 Å². The second-order valence-electron chi connectivity index (χ2n) is 6.20. The first-order valence-electron chi connectivity index (χ1n) is 8.52. The van der Waals surface area contributed by atoms with E-state index in [0.29, 0.717) is 15.7 Å². The van der Waals surface area contributed by atoms with E-state index >= 15 is 0 Å². The van der Waals surface area contributed by atoms with Gasteiger partial charge in [-0.3, -0.25) is 4.40 Å². The first-order valence-corrected chi connectivity index (χ1v) is 10.6. The SMILES string of the molecule is N/N=C(\NN)c1c(-c2cccc3nccn23)ccc(SC2CNC2)c1S(N)=O. The van der Waals surface area contributed by atoms with Crippen LogP contribution in [0.25, 0.3) is 16.9 Å². The second-order valence-corrected chi connectivity index (χ2v) is 8.54. The van der Waals surface area contributed by atoms with Crippen LogP contribution in [0.2, 0.25) is 0 Å². The van der Waals surface area contributed by atoms with Crippen LogP contribution in [0.3, 0.4) is 0 Å². The molecule has 1 fully saturated rings. The van der Waals surface area contributed by atoms with Crippen molar-refractivity contribution in [2.24, 2.45) is 21.9 Å². The number of amidine groups is 1. The van der Waals surface area contributed by atoms with Crippen molar-refractivity contribution in [3.05, 3.63) is 48.3 Å². The molecule has 3 aromatic rings. The van der Waals surface area contributed by atoms with E-state index in [0.717, 1.165) is 34.9 Å². The molecule has 0 saturated carbocycles. The van der Waals surface area contributed by atoms with Crippen molar-refractivity contribution in [3.8, 4) is 11.3 Å². The zero-order chi connectivity index (χ0) is 19.7. The summed E-state index contributed by atoms with van der Waals surface area (Å²) in [5.41, 5.74) is 5.39. The van der Waals surface area contributed by atoms with Gasteiger partial charge in [-0.1, -0.05) is 12.1 Å². The summed E-state index contributed by atoms with van der Waals surface area (Å²) in [6.45, 7) is 1.78. The molecular weight excluding hydrogens is 396 g/mol. The Balaban J connectivity index is 1.99. The lowest BCUT2D eigenvalue weighted by atomic mass is 10.0. The smallest absolute Gasteiger partial charge is 0.168 e. The Bertz CT molecular complexity index is 1080. The van der Waals surface area contributed by atoms with Crippen LogP contribution in [0, 0.1) is 0 Å². The number of nitrogens with two attached hydrogens (primary N) is 3. The van der Waals surface area contributed by atoms with Gasteiger partial charge in [-0.05, 0) is 18.2 Å². The van der Waals surface area contributed by atoms with Crippen LogP contribution in [0.15, 0.2) is 57.6 Å². The van der Waals surface area contributed by atoms with Gasteiger partial charge >= 0.3 is 0 Å². The predicted molar refractivity (Wildman–Crippen MR) is 112 cm³/mol. The maximum Gasteiger partial charge on any atom is 0.168 e. The summed E-state index contributed by atoms with van der Waals surface area (Å²) in [6, 6.07) is 9.61. The van der Waals surface area contributed by atoms with Gasteiger partial charge in [-0.25, -0.2) is 20.2 Å². The van der Waals surface area contributed by atoms with Crippen LogP contribution in [-0.4, -0.2) is 37.8 Å². The highest BCUT2D eigenvalue weighted by atomic mass is 32.2. The number of hydrazine groups is 1. The lowest BCUT2D eigenvalue weighted by Crippen LogP contribution is -2.44. The molecule has 0 bridgehead atoms. The molecule has 0 radical (unpaired) electrons. The predicted octanol–water partition coefficient (Wildman–Crippen LogP) is 0.130. The minimum atomic E-state index is -1.78. The number of benzene rings is 1. The molecule has 1 aliphatic rings. The molecule has 1 unspecified atom stereocenters. The second kappa shape index (κ2) is 7.89. The third-order valence-electron chi connectivity index (χ3n) is 4.57. The average Bonchev–Trinajstić information content (AvgIpc) is 3.14. The summed E-state index contributed by atoms with van der Waals surface area (Å²) < 4.78 is 14.5. The van der Waals surface area contributed by atoms with Crippen molar-refractivity contribution < 1.29 is 4.21 Å². The molecule has 0 amide bonds. The fourth-order valence-corrected chi connectivity index (χ4v) is 5.35. The van der Waals surface area contributed by atoms with E-state index in [2.05, 4.69) is 20.8 Å². The Morgan fingerprint density at radius 2 is 2.18 bits per heavy atom. The maximum atomic E-state index is 12.6. The minimum absolute atomic E-state index is 0.204. The standard InChI is InChI=1S/C17H20N8OS2/c18-23-17(24-19)15-11(12-2-1-3-14-22-6-7-25(12)14)4-5-13(16(15)28(20)26)27-10-8-21-9-10/h1-7,10,21H,8-9,18-20H2,(H,23,24). The highest BCUT2D eigenvalue weighted by Crippen LogP contribution is 2.37. The molecule has 1 aliphatic heterocycles. The molecule has 28 heavy (non-hydrogen) atoms. The van der Waals surface area contributed by atoms with Gasteiger partial charge in [0.2, 0.25) is 0 Å². The Morgan fingerprint density at radius 1 is 1.36 bits per heavy atom. The minimum Gasteiger partial charge on any atom is -0.321 e. The summed E-state index contributed by atoms with van der Waals surface area (Å²) in [5.74, 6) is 11.5. The summed E-state index contributed by atoms with van der Waals surface area (Å²) >= 11 is 1.63. The quantitative estimate of drug-likeness (QED) is 0.172. The van der Waals surface area contributed by atoms with E-state index in [-0.39, 0.29) is 5.84 Å². The zero-order valence-electron chi connectivity index (χ0n) is 14.8. The molecule has 0 spiro atoms. The summed E-state index contributed by atoms with van der Waals surface area (Å²) in [6.07, 6.45) is 3.57. The highest BCUT2D eigenvalue weighted by Gasteiger charge is 2.26. The van der Waals surface area contributed by atoms with Gasteiger partial charge in [-0.2, -0.15) is 5.10 Å². The van der Waals surface area contributed by atoms with Gasteiger partial charge in [0.15, 0.2) is 5.84 Å². The Kier molecular flexibility index (Phi) is 5.33. The van der Waals surface area contributed by atoms with Crippen LogP contribution in [-0.2, 0) is 11.0 Å². The number of imidazole rings is 1. The third kappa shape index (κ3) is 3.27. The fraction of sp³-hybridized carbons (Fsp3) is 0.176. The van der Waals surface area contributed by atoms with Crippen LogP contribution >= 0.6 is 11.8 Å². The van der Waals surface area contributed by atoms with Crippen molar-refractivity contribution >= 4 is 34.2 Å². The van der Waals surface area contributed by atoms with Gasteiger partial charge < -0.3 is 16.6 Å². The summed E-state index contributed by atoms with van der Waals surface area (Å²) in [5, 5.41) is 13.3. The molecule has 11 heteroatoms. The fourth-order valence-electron chi connectivity index (χ4n) is 3.17. The number of hydrazone groups is 1. The lowest BCUT2D eigenvalue weighted by molar-refractivity contribution is 0.543. The molecule has 0 aliphatic carbocycles. The van der Waals surface area contributed by atoms with E-state index in [1.165, 1.54) is 0 Å². The Morgan fingerprint density at radius 3 is 2.82 bits per heavy atom. The normalized spacial score (nSPS) is 16.1. The molecular formula is C17H20N8OS2. The average molecular weight is 417 g/mol. The largest absolute Gasteiger partial charge is 0.321 e. The van der Waals surface area contributed by atoms with Gasteiger partial charge in [0.1, 0.15) is 16.6 Å². The number of fused-ring (bicyclic) bond motifs is 1. The molecule has 1 aromatic carbocycles. The van der Waals surface area contributed by atoms with Crippen molar-refractivity contribution in [1.29, 1.82) is 0 Å². The zero-order valence-corrected chi connectivity index (χ0v) is 16.5. The van der Waals surface area contributed by atoms with E-state index in [4.69, 9.17) is 16.8 Å². The van der Waals surface area contributed by atoms with Crippen molar-refractivity contribution in [1.82, 2.24) is 20.1 Å². The van der Waals surface area contributed by atoms with Crippen molar-refractivity contribution in [3.63, 3.8) is 0 Å². The number of thioether (sulfide) groups is 1. The molecule has 4 rings (SSSR count). The van der Waals surface area contributed by atoms with E-state index < -0.39 is 11.0 Å². The van der Waals surface area contributed by atoms with Crippen LogP contribution in [0.1, 0.15) is 5.56 Å². The summed E-state index contributed by atoms with van der Waals surface area (Å²) in [7, 11) is -1.78. The van der Waals surface area contributed by atoms with Crippen LogP contribution < -0.4 is 27.6 Å². The molecule has 9 nitrogen and oxygen atoms in total. The molecule has 2 aromatic heterocycles. The van der Waals surface area contributed by atoms with Gasteiger partial charge in [0.05, 0.1) is 10.6 Å². The number of nitrogens with one attached hydrogen (secondary N) is 2. The molecule has 146 valence electrons. The molecule has 1 atom stereocenters. The first-order chi connectivity index (χ1) is 13.6. The van der Waals surface area contributed by atoms with Gasteiger partial charge in [0.25, 0.3) is 0 Å². The third-order valence-corrected chi connectivity index (χ3v) is 6.78. The van der Waals surface area contributed by atoms with Crippen LogP contribution in [0.5, 0.6) is 0 Å². The topological polar surface area (TPSA) is 149 Å². The van der Waals surface area contributed by atoms with E-state index in [1.807, 2.05) is 40.9 Å². The lowest BCUT2D eigenvalue weighted by Gasteiger charge is -2.28. The monoisotopic (exact) mass is 416 g/mol. The van der Waals surface area contributed by atoms with E-state index in [9.17, 15) is 4.21 Å². The Labute approximate surface area is 168 Å². The van der Waals surface area contributed by atoms with Crippen molar-refractivity contribution in [2.75, 3.05) is 13.1 Å². The molecule has 3 heterocycles. The summed E-state index contributed by atoms with van der Waals surface area (Å²) in [4.78, 5) is 5.60. The van der Waals surface area contributed by atoms with E-state index in [1.54, 1.807) is 18.0 Å². The highest BCUT2D eigenvalue weighted by molar-refractivity contribution is 8.00. The van der Waals surface area contributed by atoms with Crippen molar-refractivity contribution in [2.45, 2.75) is 15.0 Å². The number of hydrogen-bond acceptors (Lipinski definition) is 7.